The smallest absolute Gasteiger partial charge is 0.411 e. The molecule has 2 amide bonds. The normalized spacial score (nSPS) is 10.4. The molecule has 0 aliphatic rings. The van der Waals surface area contributed by atoms with Gasteiger partial charge >= 0.3 is 12.2 Å². The van der Waals surface area contributed by atoms with Gasteiger partial charge in [-0.2, -0.15) is 0 Å². The van der Waals surface area contributed by atoms with E-state index in [1.54, 1.807) is 0 Å². The highest BCUT2D eigenvalue weighted by atomic mass is 16.6. The van der Waals surface area contributed by atoms with Crippen LogP contribution in [0.15, 0.2) is 72.8 Å². The molecule has 0 atom stereocenters. The van der Waals surface area contributed by atoms with Crippen molar-refractivity contribution >= 4 is 23.6 Å². The summed E-state index contributed by atoms with van der Waals surface area (Å²) in [6.07, 6.45) is 2.00. The van der Waals surface area contributed by atoms with Gasteiger partial charge in [0.25, 0.3) is 0 Å². The zero-order chi connectivity index (χ0) is 24.2. The fourth-order valence-corrected chi connectivity index (χ4v) is 3.31. The van der Waals surface area contributed by atoms with E-state index in [0.29, 0.717) is 24.2 Å². The van der Waals surface area contributed by atoms with E-state index in [9.17, 15) is 9.59 Å². The number of anilines is 2. The van der Waals surface area contributed by atoms with Crippen LogP contribution in [0.4, 0.5) is 21.0 Å². The van der Waals surface area contributed by atoms with E-state index in [-0.39, 0.29) is 13.2 Å². The first-order valence-corrected chi connectivity index (χ1v) is 11.6. The van der Waals surface area contributed by atoms with E-state index < -0.39 is 12.2 Å². The number of nitrogens with one attached hydrogen (secondary N) is 2. The van der Waals surface area contributed by atoms with Crippen molar-refractivity contribution in [1.82, 2.24) is 0 Å². The molecule has 0 aliphatic carbocycles. The van der Waals surface area contributed by atoms with Crippen LogP contribution >= 0.6 is 0 Å². The number of carbonyl (C=O) groups excluding carboxylic acids is 2. The number of carbonyl (C=O) groups is 2. The average molecular weight is 461 g/mol. The molecule has 6 heteroatoms. The maximum Gasteiger partial charge on any atom is 0.411 e. The molecule has 3 aromatic carbocycles. The molecular formula is C28H32N2O4. The molecule has 0 radical (unpaired) electrons. The number of ether oxygens (including phenoxy) is 2. The first kappa shape index (κ1) is 24.8. The Labute approximate surface area is 201 Å². The maximum atomic E-state index is 12.0. The highest BCUT2D eigenvalue weighted by Gasteiger charge is 2.06. The fraction of sp³-hybridized carbons (Fsp3) is 0.286. The number of rotatable bonds is 10. The van der Waals surface area contributed by atoms with Crippen molar-refractivity contribution in [1.29, 1.82) is 0 Å². The van der Waals surface area contributed by atoms with Gasteiger partial charge in [-0.15, -0.1) is 0 Å². The van der Waals surface area contributed by atoms with Gasteiger partial charge in [0.05, 0.1) is 13.2 Å². The lowest BCUT2D eigenvalue weighted by Gasteiger charge is -2.09. The maximum absolute atomic E-state index is 12.0. The second kappa shape index (κ2) is 13.0. The molecule has 34 heavy (non-hydrogen) atoms. The molecule has 3 aromatic rings. The van der Waals surface area contributed by atoms with Gasteiger partial charge in [-0.3, -0.25) is 10.6 Å². The summed E-state index contributed by atoms with van der Waals surface area (Å²) in [6.45, 7) is 4.66. The van der Waals surface area contributed by atoms with Gasteiger partial charge in [0.2, 0.25) is 0 Å². The number of amides is 2. The number of unbranched alkanes of at least 4 members (excludes halogenated alkanes) is 1. The van der Waals surface area contributed by atoms with Crippen LogP contribution in [0.5, 0.6) is 0 Å². The Bertz CT molecular complexity index is 1050. The lowest BCUT2D eigenvalue weighted by molar-refractivity contribution is 0.143. The summed E-state index contributed by atoms with van der Waals surface area (Å²) in [6, 6.07) is 23.8. The van der Waals surface area contributed by atoms with Crippen molar-refractivity contribution in [3.8, 4) is 0 Å². The molecule has 0 aromatic heterocycles. The Hall–Kier alpha value is -3.80. The van der Waals surface area contributed by atoms with Crippen molar-refractivity contribution in [2.24, 2.45) is 0 Å². The number of hydrogen-bond donors (Lipinski definition) is 2. The van der Waals surface area contributed by atoms with Gasteiger partial charge in [-0.05, 0) is 73.6 Å². The molecular weight excluding hydrogens is 428 g/mol. The molecule has 0 spiro atoms. The fourth-order valence-electron chi connectivity index (χ4n) is 3.31. The second-order valence-corrected chi connectivity index (χ2v) is 8.14. The molecule has 0 bridgehead atoms. The van der Waals surface area contributed by atoms with Crippen LogP contribution in [0.3, 0.4) is 0 Å². The summed E-state index contributed by atoms with van der Waals surface area (Å²) in [4.78, 5) is 23.8. The average Bonchev–Trinajstić information content (AvgIpc) is 2.84. The van der Waals surface area contributed by atoms with Gasteiger partial charge in [-0.1, -0.05) is 61.0 Å². The predicted molar refractivity (Wildman–Crippen MR) is 135 cm³/mol. The van der Waals surface area contributed by atoms with Crippen LogP contribution in [-0.2, 0) is 22.3 Å². The largest absolute Gasteiger partial charge is 0.449 e. The quantitative estimate of drug-likeness (QED) is 0.329. The first-order chi connectivity index (χ1) is 16.5. The number of benzene rings is 3. The first-order valence-electron chi connectivity index (χ1n) is 11.6. The van der Waals surface area contributed by atoms with Crippen molar-refractivity contribution in [2.75, 3.05) is 23.8 Å². The highest BCUT2D eigenvalue weighted by molar-refractivity contribution is 5.85. The van der Waals surface area contributed by atoms with Crippen LogP contribution in [0.2, 0.25) is 0 Å². The Morgan fingerprint density at radius 3 is 1.50 bits per heavy atom. The van der Waals surface area contributed by atoms with Crippen molar-refractivity contribution in [3.63, 3.8) is 0 Å². The predicted octanol–water partition coefficient (Wildman–Crippen LogP) is 6.73. The molecule has 2 N–H and O–H groups in total. The minimum atomic E-state index is -0.500. The van der Waals surface area contributed by atoms with Crippen LogP contribution in [-0.4, -0.2) is 25.4 Å². The van der Waals surface area contributed by atoms with Crippen LogP contribution in [0, 0.1) is 6.92 Å². The third kappa shape index (κ3) is 8.62. The van der Waals surface area contributed by atoms with Crippen molar-refractivity contribution in [3.05, 3.63) is 95.1 Å². The monoisotopic (exact) mass is 460 g/mol. The third-order valence-electron chi connectivity index (χ3n) is 5.34. The van der Waals surface area contributed by atoms with Crippen LogP contribution < -0.4 is 10.6 Å². The number of aryl methyl sites for hydroxylation is 2. The molecule has 0 saturated heterocycles. The van der Waals surface area contributed by atoms with E-state index in [1.165, 1.54) is 22.3 Å². The lowest BCUT2D eigenvalue weighted by atomic mass is 10.0. The second-order valence-electron chi connectivity index (χ2n) is 8.14. The van der Waals surface area contributed by atoms with E-state index in [1.807, 2.05) is 48.5 Å². The van der Waals surface area contributed by atoms with Gasteiger partial charge in [-0.25, -0.2) is 9.59 Å². The highest BCUT2D eigenvalue weighted by Crippen LogP contribution is 2.15. The summed E-state index contributed by atoms with van der Waals surface area (Å²) in [5.41, 5.74) is 6.25. The Balaban J connectivity index is 1.27. The zero-order valence-electron chi connectivity index (χ0n) is 19.8. The van der Waals surface area contributed by atoms with E-state index in [0.717, 1.165) is 12.8 Å². The van der Waals surface area contributed by atoms with Crippen LogP contribution in [0.25, 0.3) is 0 Å². The molecule has 3 rings (SSSR count). The minimum Gasteiger partial charge on any atom is -0.449 e. The lowest BCUT2D eigenvalue weighted by Crippen LogP contribution is -2.16. The number of hydrogen-bond acceptors (Lipinski definition) is 4. The molecule has 0 fully saturated rings. The van der Waals surface area contributed by atoms with Crippen molar-refractivity contribution in [2.45, 2.75) is 39.5 Å². The molecule has 0 saturated carbocycles. The van der Waals surface area contributed by atoms with E-state index in [2.05, 4.69) is 48.7 Å². The van der Waals surface area contributed by atoms with E-state index in [4.69, 9.17) is 9.47 Å². The summed E-state index contributed by atoms with van der Waals surface area (Å²) in [5.74, 6) is 0. The van der Waals surface area contributed by atoms with E-state index >= 15 is 0 Å². The van der Waals surface area contributed by atoms with Gasteiger partial charge in [0.1, 0.15) is 0 Å². The molecule has 6 nitrogen and oxygen atoms in total. The summed E-state index contributed by atoms with van der Waals surface area (Å²) >= 11 is 0. The molecule has 0 aliphatic heterocycles. The SMILES string of the molecule is CCc1ccc(NC(=O)OCCCCOC(=O)Nc2ccc(Cc3ccc(C)cc3)cc2)cc1. The Morgan fingerprint density at radius 1 is 0.647 bits per heavy atom. The van der Waals surface area contributed by atoms with Crippen molar-refractivity contribution < 1.29 is 19.1 Å². The third-order valence-corrected chi connectivity index (χ3v) is 5.34. The van der Waals surface area contributed by atoms with Crippen LogP contribution in [0.1, 0.15) is 42.0 Å². The van der Waals surface area contributed by atoms with Gasteiger partial charge in [0, 0.05) is 11.4 Å². The molecule has 178 valence electrons. The summed E-state index contributed by atoms with van der Waals surface area (Å²) < 4.78 is 10.4. The zero-order valence-corrected chi connectivity index (χ0v) is 19.8. The summed E-state index contributed by atoms with van der Waals surface area (Å²) in [5, 5.41) is 5.42. The standard InChI is InChI=1S/C28H32N2O4/c1-3-22-10-14-25(15-11-22)29-27(31)33-18-4-5-19-34-28(32)30-26-16-12-24(13-17-26)20-23-8-6-21(2)7-9-23/h6-17H,3-5,18-20H2,1-2H3,(H,29,31)(H,30,32). The Kier molecular flexibility index (Phi) is 9.52. The van der Waals surface area contributed by atoms with Gasteiger partial charge < -0.3 is 9.47 Å². The van der Waals surface area contributed by atoms with Gasteiger partial charge in [0.15, 0.2) is 0 Å². The topological polar surface area (TPSA) is 76.7 Å². The molecule has 0 unspecified atom stereocenters. The Morgan fingerprint density at radius 2 is 1.06 bits per heavy atom. The summed E-state index contributed by atoms with van der Waals surface area (Å²) in [7, 11) is 0. The minimum absolute atomic E-state index is 0.251. The molecule has 0 heterocycles.